The van der Waals surface area contributed by atoms with Crippen LogP contribution in [0.1, 0.15) is 50.5 Å². The quantitative estimate of drug-likeness (QED) is 0.600. The molecule has 0 spiro atoms. The summed E-state index contributed by atoms with van der Waals surface area (Å²) in [4.78, 5) is 10.1. The van der Waals surface area contributed by atoms with Crippen LogP contribution in [0.5, 0.6) is 0 Å². The van der Waals surface area contributed by atoms with Crippen LogP contribution in [-0.2, 0) is 0 Å². The predicted octanol–water partition coefficient (Wildman–Crippen LogP) is 4.45. The van der Waals surface area contributed by atoms with Gasteiger partial charge >= 0.3 is 0 Å². The van der Waals surface area contributed by atoms with E-state index in [-0.39, 0.29) is 5.92 Å². The van der Waals surface area contributed by atoms with Gasteiger partial charge in [-0.05, 0) is 12.8 Å². The Morgan fingerprint density at radius 1 is 1.05 bits per heavy atom. The van der Waals surface area contributed by atoms with Gasteiger partial charge in [-0.3, -0.25) is 4.79 Å². The maximum Gasteiger partial charge on any atom is 0.150 e. The molecule has 1 rings (SSSR count). The lowest BCUT2D eigenvalue weighted by molar-refractivity contribution is 0.112. The fourth-order valence-electron chi connectivity index (χ4n) is 0.774. The van der Waals surface area contributed by atoms with Crippen molar-refractivity contribution in [1.82, 2.24) is 0 Å². The minimum Gasteiger partial charge on any atom is -0.462 e. The third kappa shape index (κ3) is 18.8. The molecule has 0 aliphatic heterocycles. The summed E-state index contributed by atoms with van der Waals surface area (Å²) in [5, 5.41) is 7.88. The maximum absolute atomic E-state index is 10.1. The van der Waals surface area contributed by atoms with Crippen molar-refractivity contribution < 1.29 is 9.90 Å². The number of hydrogen-bond acceptors (Lipinski definition) is 2. The molecule has 0 aliphatic rings. The second-order valence-electron chi connectivity index (χ2n) is 5.17. The van der Waals surface area contributed by atoms with Crippen molar-refractivity contribution >= 4 is 6.29 Å². The Balaban J connectivity index is 0. The highest BCUT2D eigenvalue weighted by Gasteiger charge is 1.85. The molecule has 0 saturated heterocycles. The Bertz CT molecular complexity index is 375. The molecule has 1 N–H and O–H groups in total. The van der Waals surface area contributed by atoms with E-state index in [0.717, 1.165) is 17.8 Å². The van der Waals surface area contributed by atoms with Crippen molar-refractivity contribution in [1.29, 1.82) is 0 Å². The van der Waals surface area contributed by atoms with Gasteiger partial charge < -0.3 is 5.11 Å². The van der Waals surface area contributed by atoms with Gasteiger partial charge in [-0.1, -0.05) is 70.4 Å². The standard InChI is InChI=1S/C8H8O.C5H8O.C4H10/c1-7-2-4-8(6-9)5-3-7;1-5(2)3-4-6;1-4(2)3/h2-6H,1H3;5-6H,1-2H3;4H,1-3H3. The Hall–Kier alpha value is -1.75. The summed E-state index contributed by atoms with van der Waals surface area (Å²) < 4.78 is 0. The second kappa shape index (κ2) is 12.7. The molecule has 0 radical (unpaired) electrons. The zero-order valence-electron chi connectivity index (χ0n) is 12.9. The van der Waals surface area contributed by atoms with E-state index in [0.29, 0.717) is 0 Å². The van der Waals surface area contributed by atoms with E-state index < -0.39 is 0 Å². The summed E-state index contributed by atoms with van der Waals surface area (Å²) in [5.74, 6) is 3.63. The topological polar surface area (TPSA) is 37.3 Å². The average molecular weight is 262 g/mol. The Labute approximate surface area is 117 Å². The molecular weight excluding hydrogens is 236 g/mol. The first kappa shape index (κ1) is 19.6. The average Bonchev–Trinajstić information content (AvgIpc) is 2.30. The number of carbonyl (C=O) groups is 1. The van der Waals surface area contributed by atoms with Gasteiger partial charge in [-0.25, -0.2) is 0 Å². The predicted molar refractivity (Wildman–Crippen MR) is 81.6 cm³/mol. The monoisotopic (exact) mass is 262 g/mol. The van der Waals surface area contributed by atoms with Crippen molar-refractivity contribution in [2.75, 3.05) is 0 Å². The Kier molecular flexibility index (Phi) is 13.1. The lowest BCUT2D eigenvalue weighted by atomic mass is 10.2. The van der Waals surface area contributed by atoms with Crippen molar-refractivity contribution in [3.05, 3.63) is 35.4 Å². The van der Waals surface area contributed by atoms with Crippen LogP contribution in [-0.4, -0.2) is 11.4 Å². The first-order valence-electron chi connectivity index (χ1n) is 6.49. The smallest absolute Gasteiger partial charge is 0.150 e. The number of benzene rings is 1. The fraction of sp³-hybridized carbons (Fsp3) is 0.471. The first-order chi connectivity index (χ1) is 8.83. The number of hydrogen-bond donors (Lipinski definition) is 1. The highest BCUT2D eigenvalue weighted by molar-refractivity contribution is 5.74. The second-order valence-corrected chi connectivity index (χ2v) is 5.17. The van der Waals surface area contributed by atoms with Gasteiger partial charge in [0, 0.05) is 11.5 Å². The summed E-state index contributed by atoms with van der Waals surface area (Å²) in [6, 6.07) is 7.46. The molecule has 0 fully saturated rings. The van der Waals surface area contributed by atoms with E-state index >= 15 is 0 Å². The summed E-state index contributed by atoms with van der Waals surface area (Å²) in [5.41, 5.74) is 1.92. The summed E-state index contributed by atoms with van der Waals surface area (Å²) >= 11 is 0. The number of aryl methyl sites for hydroxylation is 1. The molecule has 0 aromatic heterocycles. The minimum atomic E-state index is 0.287. The van der Waals surface area contributed by atoms with E-state index in [1.165, 1.54) is 5.56 Å². The molecule has 0 atom stereocenters. The number of aldehydes is 1. The highest BCUT2D eigenvalue weighted by atomic mass is 16.2. The first-order valence-corrected chi connectivity index (χ1v) is 6.49. The number of aliphatic hydroxyl groups excluding tert-OH is 1. The van der Waals surface area contributed by atoms with Gasteiger partial charge in [-0.2, -0.15) is 0 Å². The van der Waals surface area contributed by atoms with Crippen LogP contribution in [0.2, 0.25) is 0 Å². The van der Waals surface area contributed by atoms with Crippen molar-refractivity contribution in [3.63, 3.8) is 0 Å². The highest BCUT2D eigenvalue weighted by Crippen LogP contribution is 1.98. The van der Waals surface area contributed by atoms with Crippen molar-refractivity contribution in [2.24, 2.45) is 11.8 Å². The van der Waals surface area contributed by atoms with Gasteiger partial charge in [0.25, 0.3) is 0 Å². The van der Waals surface area contributed by atoms with E-state index in [4.69, 9.17) is 5.11 Å². The van der Waals surface area contributed by atoms with Crippen LogP contribution in [0.15, 0.2) is 24.3 Å². The van der Waals surface area contributed by atoms with Gasteiger partial charge in [0.15, 0.2) is 0 Å². The van der Waals surface area contributed by atoms with Crippen LogP contribution in [0.4, 0.5) is 0 Å². The Morgan fingerprint density at radius 3 is 1.68 bits per heavy atom. The van der Waals surface area contributed by atoms with Gasteiger partial charge in [-0.15, -0.1) is 0 Å². The summed E-state index contributed by atoms with van der Waals surface area (Å²) in [6.07, 6.45) is 2.66. The van der Waals surface area contributed by atoms with Crippen molar-refractivity contribution in [3.8, 4) is 12.0 Å². The van der Waals surface area contributed by atoms with Crippen LogP contribution in [0, 0.1) is 30.8 Å². The Morgan fingerprint density at radius 2 is 1.47 bits per heavy atom. The minimum absolute atomic E-state index is 0.287. The zero-order valence-corrected chi connectivity index (χ0v) is 12.9. The molecule has 0 unspecified atom stereocenters. The number of rotatable bonds is 1. The normalized spacial score (nSPS) is 8.42. The summed E-state index contributed by atoms with van der Waals surface area (Å²) in [6.45, 7) is 12.3. The van der Waals surface area contributed by atoms with E-state index in [2.05, 4.69) is 26.7 Å². The van der Waals surface area contributed by atoms with E-state index in [1.807, 2.05) is 51.1 Å². The maximum atomic E-state index is 10.1. The van der Waals surface area contributed by atoms with Gasteiger partial charge in [0.05, 0.1) is 0 Å². The number of carbonyl (C=O) groups excluding carboxylic acids is 1. The molecule has 1 aromatic rings. The van der Waals surface area contributed by atoms with Crippen LogP contribution < -0.4 is 0 Å². The molecule has 0 aliphatic carbocycles. The van der Waals surface area contributed by atoms with E-state index in [9.17, 15) is 4.79 Å². The number of aliphatic hydroxyl groups is 1. The molecule has 19 heavy (non-hydrogen) atoms. The summed E-state index contributed by atoms with van der Waals surface area (Å²) in [7, 11) is 0. The molecule has 106 valence electrons. The molecule has 0 saturated carbocycles. The molecule has 0 amide bonds. The van der Waals surface area contributed by atoms with Gasteiger partial charge in [0.2, 0.25) is 0 Å². The van der Waals surface area contributed by atoms with Gasteiger partial charge in [0.1, 0.15) is 12.4 Å². The van der Waals surface area contributed by atoms with Crippen molar-refractivity contribution in [2.45, 2.75) is 41.5 Å². The van der Waals surface area contributed by atoms with E-state index in [1.54, 1.807) is 0 Å². The molecule has 2 nitrogen and oxygen atoms in total. The SMILES string of the molecule is CC(C)C.CC(C)C#CO.Cc1ccc(C=O)cc1. The third-order valence-electron chi connectivity index (χ3n) is 1.57. The van der Waals surface area contributed by atoms with Crippen LogP contribution in [0.25, 0.3) is 0 Å². The molecule has 2 heteroatoms. The molecular formula is C17H26O2. The third-order valence-corrected chi connectivity index (χ3v) is 1.57. The lowest BCUT2D eigenvalue weighted by Crippen LogP contribution is -1.77. The zero-order chi connectivity index (χ0) is 15.3. The lowest BCUT2D eigenvalue weighted by Gasteiger charge is -1.89. The molecule has 0 bridgehead atoms. The van der Waals surface area contributed by atoms with Crippen LogP contribution >= 0.6 is 0 Å². The largest absolute Gasteiger partial charge is 0.462 e. The molecule has 1 aromatic carbocycles. The fourth-order valence-corrected chi connectivity index (χ4v) is 0.774. The van der Waals surface area contributed by atoms with Crippen LogP contribution in [0.3, 0.4) is 0 Å². The molecule has 0 heterocycles.